The Morgan fingerprint density at radius 3 is 2.96 bits per heavy atom. The number of hydrogen-bond acceptors (Lipinski definition) is 6. The monoisotopic (exact) mass is 416 g/mol. The van der Waals surface area contributed by atoms with Crippen LogP contribution in [0, 0.1) is 0 Å². The normalized spacial score (nSPS) is 23.2. The molecule has 138 valence electrons. The molecule has 1 aliphatic heterocycles. The van der Waals surface area contributed by atoms with Gasteiger partial charge in [-0.05, 0) is 17.5 Å². The molecule has 1 fully saturated rings. The smallest absolute Gasteiger partial charge is 0.330 e. The van der Waals surface area contributed by atoms with E-state index >= 15 is 0 Å². The van der Waals surface area contributed by atoms with Crippen molar-refractivity contribution in [3.05, 3.63) is 37.6 Å². The van der Waals surface area contributed by atoms with Crippen molar-refractivity contribution in [1.82, 2.24) is 9.55 Å². The molecule has 2 heterocycles. The van der Waals surface area contributed by atoms with E-state index in [-0.39, 0.29) is 24.6 Å². The number of H-pyrrole nitrogens is 1. The van der Waals surface area contributed by atoms with Crippen LogP contribution in [0.4, 0.5) is 0 Å². The number of aliphatic hydroxyl groups is 1. The van der Waals surface area contributed by atoms with Gasteiger partial charge in [-0.1, -0.05) is 29.3 Å². The van der Waals surface area contributed by atoms with Crippen molar-refractivity contribution in [2.75, 3.05) is 6.61 Å². The van der Waals surface area contributed by atoms with E-state index in [1.807, 2.05) is 6.92 Å². The molecule has 0 unspecified atom stereocenters. The third-order valence-electron chi connectivity index (χ3n) is 3.93. The zero-order valence-corrected chi connectivity index (χ0v) is 15.4. The molecule has 1 aliphatic rings. The number of nitrogens with one attached hydrogen (secondary N) is 1. The first-order valence-corrected chi connectivity index (χ1v) is 8.99. The highest BCUT2D eigenvalue weighted by Gasteiger charge is 2.38. The van der Waals surface area contributed by atoms with Crippen molar-refractivity contribution in [1.29, 1.82) is 0 Å². The molecular weight excluding hydrogens is 396 g/mol. The van der Waals surface area contributed by atoms with Gasteiger partial charge in [-0.2, -0.15) is 0 Å². The first-order chi connectivity index (χ1) is 12.0. The summed E-state index contributed by atoms with van der Waals surface area (Å²) in [5.74, 6) is -0.355. The summed E-state index contributed by atoms with van der Waals surface area (Å²) in [7, 11) is 0. The van der Waals surface area contributed by atoms with Gasteiger partial charge in [0, 0.05) is 19.0 Å². The molecule has 1 aromatic heterocycles. The summed E-state index contributed by atoms with van der Waals surface area (Å²) in [6.45, 7) is 1.63. The molecule has 0 saturated carbocycles. The van der Waals surface area contributed by atoms with E-state index in [0.717, 1.165) is 12.8 Å². The van der Waals surface area contributed by atoms with Crippen LogP contribution in [-0.2, 0) is 14.3 Å². The van der Waals surface area contributed by atoms with Crippen LogP contribution < -0.4 is 11.2 Å². The topological polar surface area (TPSA) is 111 Å². The van der Waals surface area contributed by atoms with Crippen molar-refractivity contribution in [2.45, 2.75) is 51.0 Å². The van der Waals surface area contributed by atoms with Crippen LogP contribution in [-0.4, -0.2) is 39.4 Å². The van der Waals surface area contributed by atoms with E-state index < -0.39 is 29.7 Å². The van der Waals surface area contributed by atoms with Crippen LogP contribution >= 0.6 is 15.9 Å². The second-order valence-electron chi connectivity index (χ2n) is 5.72. The summed E-state index contributed by atoms with van der Waals surface area (Å²) >= 11 is 3.08. The number of aromatic nitrogens is 2. The molecule has 0 amide bonds. The molecule has 0 aromatic carbocycles. The Morgan fingerprint density at radius 1 is 1.56 bits per heavy atom. The van der Waals surface area contributed by atoms with Gasteiger partial charge in [0.25, 0.3) is 5.56 Å². The predicted molar refractivity (Wildman–Crippen MR) is 94.3 cm³/mol. The van der Waals surface area contributed by atoms with Gasteiger partial charge in [0.2, 0.25) is 0 Å². The van der Waals surface area contributed by atoms with Crippen LogP contribution in [0.1, 0.15) is 44.4 Å². The SMILES string of the molecule is CCCCC(=O)O[C@H]1C[C@H](n2cc(C=CBr)c(=O)[nH]c2=O)O[C@@H]1CO. The molecule has 2 rings (SSSR count). The van der Waals surface area contributed by atoms with E-state index in [9.17, 15) is 19.5 Å². The number of carbonyl (C=O) groups is 1. The molecule has 2 N–H and O–H groups in total. The average molecular weight is 417 g/mol. The minimum absolute atomic E-state index is 0.215. The maximum Gasteiger partial charge on any atom is 0.330 e. The molecule has 25 heavy (non-hydrogen) atoms. The lowest BCUT2D eigenvalue weighted by molar-refractivity contribution is -0.153. The molecule has 0 bridgehead atoms. The summed E-state index contributed by atoms with van der Waals surface area (Å²) in [4.78, 5) is 39.3. The highest BCUT2D eigenvalue weighted by atomic mass is 79.9. The Balaban J connectivity index is 2.19. The maximum atomic E-state index is 12.1. The second kappa shape index (κ2) is 9.12. The van der Waals surface area contributed by atoms with E-state index in [1.54, 1.807) is 0 Å². The first kappa shape index (κ1) is 19.6. The Labute approximate surface area is 152 Å². The summed E-state index contributed by atoms with van der Waals surface area (Å²) < 4.78 is 12.3. The van der Waals surface area contributed by atoms with Crippen molar-refractivity contribution >= 4 is 28.0 Å². The number of aromatic amines is 1. The number of nitrogens with zero attached hydrogens (tertiary/aromatic N) is 1. The van der Waals surface area contributed by atoms with Crippen LogP contribution in [0.3, 0.4) is 0 Å². The van der Waals surface area contributed by atoms with E-state index in [0.29, 0.717) is 6.42 Å². The highest BCUT2D eigenvalue weighted by molar-refractivity contribution is 9.11. The predicted octanol–water partition coefficient (Wildman–Crippen LogP) is 1.28. The summed E-state index contributed by atoms with van der Waals surface area (Å²) in [5, 5.41) is 9.46. The van der Waals surface area contributed by atoms with Crippen LogP contribution in [0.15, 0.2) is 20.8 Å². The van der Waals surface area contributed by atoms with Gasteiger partial charge in [0.15, 0.2) is 0 Å². The van der Waals surface area contributed by atoms with Gasteiger partial charge < -0.3 is 14.6 Å². The fourth-order valence-corrected chi connectivity index (χ4v) is 2.89. The lowest BCUT2D eigenvalue weighted by Crippen LogP contribution is -2.33. The Hall–Kier alpha value is -1.71. The van der Waals surface area contributed by atoms with Gasteiger partial charge in [0.05, 0.1) is 12.2 Å². The van der Waals surface area contributed by atoms with E-state index in [4.69, 9.17) is 9.47 Å². The Bertz CT molecular complexity index is 741. The lowest BCUT2D eigenvalue weighted by atomic mass is 10.2. The molecule has 0 radical (unpaired) electrons. The van der Waals surface area contributed by atoms with Gasteiger partial charge in [-0.3, -0.25) is 19.1 Å². The van der Waals surface area contributed by atoms with Crippen LogP contribution in [0.25, 0.3) is 6.08 Å². The van der Waals surface area contributed by atoms with Crippen molar-refractivity contribution in [2.24, 2.45) is 0 Å². The molecule has 8 nitrogen and oxygen atoms in total. The zero-order chi connectivity index (χ0) is 18.4. The number of esters is 1. The number of hydrogen-bond donors (Lipinski definition) is 2. The number of aliphatic hydroxyl groups excluding tert-OH is 1. The van der Waals surface area contributed by atoms with Crippen molar-refractivity contribution < 1.29 is 19.4 Å². The second-order valence-corrected chi connectivity index (χ2v) is 6.25. The number of halogens is 1. The van der Waals surface area contributed by atoms with Crippen LogP contribution in [0.2, 0.25) is 0 Å². The van der Waals surface area contributed by atoms with Crippen LogP contribution in [0.5, 0.6) is 0 Å². The first-order valence-electron chi connectivity index (χ1n) is 8.08. The van der Waals surface area contributed by atoms with Gasteiger partial charge in [0.1, 0.15) is 18.4 Å². The minimum atomic E-state index is -0.743. The number of carbonyl (C=O) groups excluding carboxylic acids is 1. The third-order valence-corrected chi connectivity index (χ3v) is 4.19. The fourth-order valence-electron chi connectivity index (χ4n) is 2.61. The van der Waals surface area contributed by atoms with Gasteiger partial charge in [-0.25, -0.2) is 4.79 Å². The largest absolute Gasteiger partial charge is 0.459 e. The number of ether oxygens (including phenoxy) is 2. The maximum absolute atomic E-state index is 12.1. The van der Waals surface area contributed by atoms with Gasteiger partial charge >= 0.3 is 11.7 Å². The number of rotatable bonds is 7. The molecule has 1 aromatic rings. The van der Waals surface area contributed by atoms with E-state index in [2.05, 4.69) is 20.9 Å². The van der Waals surface area contributed by atoms with Crippen molar-refractivity contribution in [3.63, 3.8) is 0 Å². The highest BCUT2D eigenvalue weighted by Crippen LogP contribution is 2.30. The summed E-state index contributed by atoms with van der Waals surface area (Å²) in [6, 6.07) is 0. The lowest BCUT2D eigenvalue weighted by Gasteiger charge is -2.16. The fraction of sp³-hybridized carbons (Fsp3) is 0.562. The van der Waals surface area contributed by atoms with E-state index in [1.165, 1.54) is 21.8 Å². The molecule has 0 spiro atoms. The molecule has 1 saturated heterocycles. The number of unbranched alkanes of at least 4 members (excludes halogenated alkanes) is 1. The quantitative estimate of drug-likeness (QED) is 0.647. The molecular formula is C16H21BrN2O6. The van der Waals surface area contributed by atoms with Crippen molar-refractivity contribution in [3.8, 4) is 0 Å². The third kappa shape index (κ3) is 4.90. The van der Waals surface area contributed by atoms with Gasteiger partial charge in [-0.15, -0.1) is 0 Å². The molecule has 3 atom stereocenters. The summed E-state index contributed by atoms with van der Waals surface area (Å²) in [5.41, 5.74) is -0.878. The molecule has 0 aliphatic carbocycles. The standard InChI is InChI=1S/C16H21BrN2O6/c1-2-3-4-14(21)25-11-7-13(24-12(11)9-20)19-8-10(5-6-17)15(22)18-16(19)23/h5-6,8,11-13,20H,2-4,7,9H2,1H3,(H,18,22,23)/t11-,12+,13+/m0/s1. The average Bonchev–Trinajstić information content (AvgIpc) is 2.98. The minimum Gasteiger partial charge on any atom is -0.459 e. The molecule has 9 heteroatoms. The zero-order valence-electron chi connectivity index (χ0n) is 13.8. The summed E-state index contributed by atoms with van der Waals surface area (Å²) in [6.07, 6.45) is 2.88. The Kier molecular flexibility index (Phi) is 7.15. The Morgan fingerprint density at radius 2 is 2.32 bits per heavy atom.